The lowest BCUT2D eigenvalue weighted by Gasteiger charge is -2.23. The molecule has 0 heterocycles. The van der Waals surface area contributed by atoms with Gasteiger partial charge in [0.2, 0.25) is 0 Å². The van der Waals surface area contributed by atoms with Crippen molar-refractivity contribution < 1.29 is 25.5 Å². The van der Waals surface area contributed by atoms with Gasteiger partial charge in [0.05, 0.1) is 18.5 Å². The third-order valence-corrected chi connectivity index (χ3v) is 2.48. The summed E-state index contributed by atoms with van der Waals surface area (Å²) in [6.45, 7) is -0.718. The molecule has 6 N–H and O–H groups in total. The molecule has 0 aliphatic carbocycles. The monoisotopic (exact) mass is 270 g/mol. The van der Waals surface area contributed by atoms with Gasteiger partial charge in [-0.25, -0.2) is 0 Å². The van der Waals surface area contributed by atoms with Gasteiger partial charge in [0.25, 0.3) is 0 Å². The van der Waals surface area contributed by atoms with Crippen LogP contribution in [0.15, 0.2) is 35.4 Å². The molecule has 0 radical (unpaired) electrons. The second kappa shape index (κ2) is 7.82. The number of para-hydroxylation sites is 1. The van der Waals surface area contributed by atoms with Crippen LogP contribution in [-0.2, 0) is 0 Å². The van der Waals surface area contributed by atoms with Crippen LogP contribution in [0.2, 0.25) is 0 Å². The van der Waals surface area contributed by atoms with Crippen molar-refractivity contribution in [3.63, 3.8) is 0 Å². The first-order chi connectivity index (χ1) is 9.06. The molecular weight excluding hydrogens is 252 g/mol. The summed E-state index contributed by atoms with van der Waals surface area (Å²) in [6.07, 6.45) is -5.33. The molecule has 7 heteroatoms. The second-order valence-corrected chi connectivity index (χ2v) is 3.98. The van der Waals surface area contributed by atoms with E-state index in [1.165, 1.54) is 0 Å². The van der Waals surface area contributed by atoms with Gasteiger partial charge in [0.15, 0.2) is 0 Å². The highest BCUT2D eigenvalue weighted by Crippen LogP contribution is 2.06. The lowest BCUT2D eigenvalue weighted by atomic mass is 10.0. The molecule has 0 saturated heterocycles. The number of nitrogens with zero attached hydrogens (tertiary/aromatic N) is 1. The topological polar surface area (TPSA) is 126 Å². The van der Waals surface area contributed by atoms with Gasteiger partial charge in [0.1, 0.15) is 24.4 Å². The maximum atomic E-state index is 9.52. The summed E-state index contributed by atoms with van der Waals surface area (Å²) in [5.74, 6) is 0. The van der Waals surface area contributed by atoms with Crippen molar-refractivity contribution >= 4 is 11.9 Å². The maximum Gasteiger partial charge on any atom is 0.119 e. The summed E-state index contributed by atoms with van der Waals surface area (Å²) in [6, 6.07) is 8.93. The zero-order chi connectivity index (χ0) is 14.3. The number of aliphatic hydroxyl groups is 5. The number of nitrogens with one attached hydrogen (secondary N) is 1. The third kappa shape index (κ3) is 4.93. The van der Waals surface area contributed by atoms with Crippen LogP contribution in [-0.4, -0.2) is 62.8 Å². The Morgan fingerprint density at radius 2 is 1.68 bits per heavy atom. The number of hydrogen-bond acceptors (Lipinski definition) is 7. The van der Waals surface area contributed by atoms with Gasteiger partial charge < -0.3 is 25.5 Å². The average molecular weight is 270 g/mol. The normalized spacial score (nSPS) is 17.9. The number of hydrogen-bond donors (Lipinski definition) is 6. The maximum absolute atomic E-state index is 9.52. The van der Waals surface area contributed by atoms with Crippen LogP contribution >= 0.6 is 0 Å². The predicted molar refractivity (Wildman–Crippen MR) is 69.7 cm³/mol. The quantitative estimate of drug-likeness (QED) is 0.265. The summed E-state index contributed by atoms with van der Waals surface area (Å²) < 4.78 is 0. The van der Waals surface area contributed by atoms with Crippen LogP contribution in [0.25, 0.3) is 0 Å². The van der Waals surface area contributed by atoms with E-state index in [9.17, 15) is 15.3 Å². The van der Waals surface area contributed by atoms with Gasteiger partial charge >= 0.3 is 0 Å². The van der Waals surface area contributed by atoms with Crippen molar-refractivity contribution in [1.82, 2.24) is 0 Å². The molecule has 7 nitrogen and oxygen atoms in total. The number of hydrazone groups is 1. The van der Waals surface area contributed by atoms with E-state index >= 15 is 0 Å². The van der Waals surface area contributed by atoms with E-state index in [-0.39, 0.29) is 0 Å². The lowest BCUT2D eigenvalue weighted by Crippen LogP contribution is -2.46. The van der Waals surface area contributed by atoms with Gasteiger partial charge in [-0.05, 0) is 12.1 Å². The standard InChI is InChI=1S/C12H18N2O5/c15-7-10(17)12(19)11(18)9(16)6-13-14-8-4-2-1-3-5-8/h1-6,9-12,14-19H,7H2/t9-,10+,11-,12-/m0/s1. The molecule has 0 aromatic heterocycles. The molecule has 0 bridgehead atoms. The minimum absolute atomic E-state index is 0.691. The molecule has 0 aliphatic heterocycles. The third-order valence-electron chi connectivity index (χ3n) is 2.48. The average Bonchev–Trinajstić information content (AvgIpc) is 2.45. The zero-order valence-electron chi connectivity index (χ0n) is 10.2. The molecule has 0 saturated carbocycles. The van der Waals surface area contributed by atoms with E-state index in [1.54, 1.807) is 24.3 Å². The Kier molecular flexibility index (Phi) is 6.40. The van der Waals surface area contributed by atoms with Crippen LogP contribution in [0.4, 0.5) is 5.69 Å². The van der Waals surface area contributed by atoms with Gasteiger partial charge in [0, 0.05) is 0 Å². The van der Waals surface area contributed by atoms with E-state index in [0.29, 0.717) is 5.69 Å². The lowest BCUT2D eigenvalue weighted by molar-refractivity contribution is -0.0999. The molecule has 1 aromatic rings. The Morgan fingerprint density at radius 1 is 1.05 bits per heavy atom. The van der Waals surface area contributed by atoms with E-state index in [1.807, 2.05) is 6.07 Å². The van der Waals surface area contributed by atoms with Crippen LogP contribution in [0.1, 0.15) is 0 Å². The molecule has 19 heavy (non-hydrogen) atoms. The summed E-state index contributed by atoms with van der Waals surface area (Å²) in [7, 11) is 0. The first-order valence-electron chi connectivity index (χ1n) is 5.73. The molecule has 0 amide bonds. The summed E-state index contributed by atoms with van der Waals surface area (Å²) in [5, 5.41) is 49.8. The Labute approximate surface area is 110 Å². The minimum Gasteiger partial charge on any atom is -0.394 e. The van der Waals surface area contributed by atoms with Crippen molar-refractivity contribution in [3.05, 3.63) is 30.3 Å². The fourth-order valence-electron chi connectivity index (χ4n) is 1.33. The van der Waals surface area contributed by atoms with E-state index in [0.717, 1.165) is 6.21 Å². The molecular formula is C12H18N2O5. The molecule has 0 unspecified atom stereocenters. The van der Waals surface area contributed by atoms with Crippen molar-refractivity contribution in [2.45, 2.75) is 24.4 Å². The van der Waals surface area contributed by atoms with Gasteiger partial charge in [-0.15, -0.1) is 0 Å². The van der Waals surface area contributed by atoms with Crippen molar-refractivity contribution in [1.29, 1.82) is 0 Å². The highest BCUT2D eigenvalue weighted by atomic mass is 16.4. The van der Waals surface area contributed by atoms with Gasteiger partial charge in [-0.2, -0.15) is 5.10 Å². The number of anilines is 1. The second-order valence-electron chi connectivity index (χ2n) is 3.98. The first kappa shape index (κ1) is 15.5. The van der Waals surface area contributed by atoms with Crippen LogP contribution in [0, 0.1) is 0 Å². The Morgan fingerprint density at radius 3 is 2.26 bits per heavy atom. The van der Waals surface area contributed by atoms with Crippen LogP contribution < -0.4 is 5.43 Å². The van der Waals surface area contributed by atoms with E-state index < -0.39 is 31.0 Å². The Bertz CT molecular complexity index is 387. The molecule has 106 valence electrons. The van der Waals surface area contributed by atoms with Crippen molar-refractivity contribution in [2.75, 3.05) is 12.0 Å². The SMILES string of the molecule is OC[C@@H](O)[C@H](O)[C@@H](O)[C@@H](O)C=NNc1ccccc1. The smallest absolute Gasteiger partial charge is 0.119 e. The number of aliphatic hydroxyl groups excluding tert-OH is 5. The molecule has 0 aliphatic rings. The van der Waals surface area contributed by atoms with Crippen molar-refractivity contribution in [3.8, 4) is 0 Å². The molecule has 0 fully saturated rings. The number of rotatable bonds is 7. The summed E-state index contributed by atoms with van der Waals surface area (Å²) >= 11 is 0. The van der Waals surface area contributed by atoms with Crippen LogP contribution in [0.3, 0.4) is 0 Å². The Hall–Kier alpha value is -1.51. The summed E-state index contributed by atoms with van der Waals surface area (Å²) in [5.41, 5.74) is 3.31. The largest absolute Gasteiger partial charge is 0.394 e. The van der Waals surface area contributed by atoms with Gasteiger partial charge in [-0.3, -0.25) is 5.43 Å². The predicted octanol–water partition coefficient (Wildman–Crippen LogP) is -1.48. The summed E-state index contributed by atoms with van der Waals surface area (Å²) in [4.78, 5) is 0. The van der Waals surface area contributed by atoms with Crippen LogP contribution in [0.5, 0.6) is 0 Å². The molecule has 0 spiro atoms. The number of benzene rings is 1. The van der Waals surface area contributed by atoms with Crippen molar-refractivity contribution in [2.24, 2.45) is 5.10 Å². The Balaban J connectivity index is 2.47. The minimum atomic E-state index is -1.66. The highest BCUT2D eigenvalue weighted by Gasteiger charge is 2.29. The molecule has 1 rings (SSSR count). The molecule has 4 atom stereocenters. The van der Waals surface area contributed by atoms with E-state index in [4.69, 9.17) is 10.2 Å². The molecule has 1 aromatic carbocycles. The highest BCUT2D eigenvalue weighted by molar-refractivity contribution is 5.65. The zero-order valence-corrected chi connectivity index (χ0v) is 10.2. The first-order valence-corrected chi connectivity index (χ1v) is 5.73. The fourth-order valence-corrected chi connectivity index (χ4v) is 1.33. The van der Waals surface area contributed by atoms with Gasteiger partial charge in [-0.1, -0.05) is 18.2 Å². The van der Waals surface area contributed by atoms with E-state index in [2.05, 4.69) is 10.5 Å². The fraction of sp³-hybridized carbons (Fsp3) is 0.417.